The van der Waals surface area contributed by atoms with Gasteiger partial charge in [-0.05, 0) is 118 Å². The standard InChI is InChI=1S/C27H38N2OSi.C19H20N2O.C18H21N3O/c1-19(2)31(20(3)4,21(5)6)17-15-22-10-9-12-24(18-22)29-27(30)26-25-13-8-7-11-23(25)14-16-28-26;1-2-6-14-7-5-9-16(13-14)20-19(22)18-12-11-15-8-3-4-10-17(15)21-18;1-3-7-13-8-6-9-14(12-13)19-18(22)17-15-10-4-5-11-16(15)21(2)20-17/h7-8,11,13-14,16,19-22,24H,9-10,12,18H2,1-6H3,(H,29,30);3-4,8,10-12,14,16H,5,7,9,13H2,1H3,(H,20,22);4-5,10-11,13-14H,6,8-9,12H2,1-2H3,(H,19,22). The lowest BCUT2D eigenvalue weighted by atomic mass is 9.86. The number of rotatable bonds is 9. The van der Waals surface area contributed by atoms with Crippen molar-refractivity contribution in [1.29, 1.82) is 0 Å². The third kappa shape index (κ3) is 14.4. The normalized spacial score (nSPS) is 20.4. The molecule has 6 atom stereocenters. The van der Waals surface area contributed by atoms with Gasteiger partial charge in [-0.25, -0.2) is 4.98 Å². The number of hydrogen-bond acceptors (Lipinski definition) is 6. The monoisotopic (exact) mass is 1020 g/mol. The van der Waals surface area contributed by atoms with Gasteiger partial charge in [0.15, 0.2) is 5.69 Å². The van der Waals surface area contributed by atoms with E-state index in [4.69, 9.17) is 0 Å². The molecule has 0 aliphatic heterocycles. The van der Waals surface area contributed by atoms with Crippen molar-refractivity contribution in [1.82, 2.24) is 35.7 Å². The molecule has 3 aromatic carbocycles. The van der Waals surface area contributed by atoms with Crippen LogP contribution in [0.2, 0.25) is 16.6 Å². The third-order valence-electron chi connectivity index (χ3n) is 15.8. The summed E-state index contributed by atoms with van der Waals surface area (Å²) in [6.07, 6.45) is 14.4. The van der Waals surface area contributed by atoms with Crippen LogP contribution in [0.15, 0.2) is 97.2 Å². The second-order valence-electron chi connectivity index (χ2n) is 21.8. The smallest absolute Gasteiger partial charge is 0.272 e. The van der Waals surface area contributed by atoms with Gasteiger partial charge in [-0.3, -0.25) is 24.0 Å². The first-order valence-corrected chi connectivity index (χ1v) is 29.8. The highest BCUT2D eigenvalue weighted by Crippen LogP contribution is 2.41. The summed E-state index contributed by atoms with van der Waals surface area (Å²) in [7, 11) is 0.160. The number of benzene rings is 3. The fourth-order valence-electron chi connectivity index (χ4n) is 12.1. The van der Waals surface area contributed by atoms with E-state index in [0.29, 0.717) is 51.5 Å². The average Bonchev–Trinajstić information content (AvgIpc) is 3.75. The molecule has 3 aliphatic carbocycles. The van der Waals surface area contributed by atoms with Gasteiger partial charge in [0, 0.05) is 65.3 Å². The van der Waals surface area contributed by atoms with Crippen LogP contribution in [0.1, 0.15) is 164 Å². The highest BCUT2D eigenvalue weighted by molar-refractivity contribution is 6.90. The molecule has 0 saturated heterocycles. The summed E-state index contributed by atoms with van der Waals surface area (Å²) in [4.78, 5) is 46.8. The van der Waals surface area contributed by atoms with Crippen molar-refractivity contribution >= 4 is 58.4 Å². The Balaban J connectivity index is 0.000000168. The van der Waals surface area contributed by atoms with Crippen molar-refractivity contribution in [3.8, 4) is 35.1 Å². The number of amides is 3. The molecule has 10 nitrogen and oxygen atoms in total. The van der Waals surface area contributed by atoms with Crippen LogP contribution in [0.3, 0.4) is 0 Å². The summed E-state index contributed by atoms with van der Waals surface area (Å²) in [5, 5.41) is 17.8. The van der Waals surface area contributed by atoms with Crippen LogP contribution in [0, 0.1) is 52.9 Å². The molecule has 6 aromatic rings. The number of para-hydroxylation sites is 2. The van der Waals surface area contributed by atoms with Gasteiger partial charge in [0.05, 0.1) is 11.0 Å². The van der Waals surface area contributed by atoms with E-state index in [0.717, 1.165) is 110 Å². The van der Waals surface area contributed by atoms with Gasteiger partial charge in [-0.1, -0.05) is 128 Å². The quantitative estimate of drug-likeness (QED) is 0.0977. The first-order valence-electron chi connectivity index (χ1n) is 27.6. The van der Waals surface area contributed by atoms with E-state index in [1.54, 1.807) is 16.9 Å². The van der Waals surface area contributed by atoms with E-state index in [-0.39, 0.29) is 35.8 Å². The van der Waals surface area contributed by atoms with Gasteiger partial charge in [0.1, 0.15) is 19.5 Å². The molecule has 3 aromatic heterocycles. The van der Waals surface area contributed by atoms with Gasteiger partial charge >= 0.3 is 0 Å². The third-order valence-corrected chi connectivity index (χ3v) is 22.1. The van der Waals surface area contributed by atoms with Crippen molar-refractivity contribution in [2.45, 2.75) is 167 Å². The van der Waals surface area contributed by atoms with E-state index in [1.165, 1.54) is 0 Å². The summed E-state index contributed by atoms with van der Waals surface area (Å²) in [5.41, 5.74) is 9.21. The summed E-state index contributed by atoms with van der Waals surface area (Å²) in [6, 6.07) is 29.9. The Morgan fingerprint density at radius 2 is 1.05 bits per heavy atom. The minimum Gasteiger partial charge on any atom is -0.348 e. The minimum atomic E-state index is -1.71. The van der Waals surface area contributed by atoms with Crippen LogP contribution in [0.5, 0.6) is 0 Å². The van der Waals surface area contributed by atoms with Crippen molar-refractivity contribution in [3.05, 3.63) is 114 Å². The molecule has 3 aliphatic rings. The summed E-state index contributed by atoms with van der Waals surface area (Å²) in [5.74, 6) is 17.2. The van der Waals surface area contributed by atoms with Gasteiger partial charge in [0.2, 0.25) is 0 Å². The predicted molar refractivity (Wildman–Crippen MR) is 310 cm³/mol. The molecular weight excluding hydrogens is 943 g/mol. The maximum Gasteiger partial charge on any atom is 0.272 e. The van der Waals surface area contributed by atoms with E-state index in [1.807, 2.05) is 106 Å². The minimum absolute atomic E-state index is 0.0642. The van der Waals surface area contributed by atoms with Gasteiger partial charge in [-0.15, -0.1) is 35.1 Å². The lowest BCUT2D eigenvalue weighted by molar-refractivity contribution is 0.0911. The van der Waals surface area contributed by atoms with Gasteiger partial charge < -0.3 is 16.0 Å². The molecule has 3 saturated carbocycles. The zero-order valence-electron chi connectivity index (χ0n) is 45.9. The van der Waals surface area contributed by atoms with Crippen LogP contribution in [-0.4, -0.2) is 63.7 Å². The SMILES string of the molecule is CC#CC1CCCC(NC(=O)c2ccc3ccccc3n2)C1.CC#CC1CCCC(NC(=O)c2nn(C)c3ccccc23)C1.CC(C)[Si](C#CC1CCCC(NC(=O)c2nccc3ccccc23)C1)(C(C)C)C(C)C. The zero-order chi connectivity index (χ0) is 53.5. The molecule has 75 heavy (non-hydrogen) atoms. The number of aryl methyl sites for hydroxylation is 1. The Bertz CT molecular complexity index is 3100. The molecule has 3 heterocycles. The number of pyridine rings is 2. The van der Waals surface area contributed by atoms with E-state index >= 15 is 0 Å². The van der Waals surface area contributed by atoms with Crippen molar-refractivity contribution < 1.29 is 14.4 Å². The summed E-state index contributed by atoms with van der Waals surface area (Å²) >= 11 is 0. The van der Waals surface area contributed by atoms with Crippen molar-refractivity contribution in [2.75, 3.05) is 0 Å². The molecular formula is C64H79N7O3Si. The number of nitrogens with one attached hydrogen (secondary N) is 3. The number of hydrogen-bond donors (Lipinski definition) is 3. The van der Waals surface area contributed by atoms with Crippen LogP contribution < -0.4 is 16.0 Å². The number of carbonyl (C=O) groups is 3. The Morgan fingerprint density at radius 1 is 0.560 bits per heavy atom. The molecule has 9 rings (SSSR count). The second-order valence-corrected chi connectivity index (χ2v) is 27.4. The maximum absolute atomic E-state index is 13.0. The predicted octanol–water partition coefficient (Wildman–Crippen LogP) is 13.2. The fraction of sp³-hybridized carbons (Fsp3) is 0.469. The molecule has 0 bridgehead atoms. The fourth-order valence-corrected chi connectivity index (χ4v) is 17.4. The first kappa shape index (κ1) is 56.0. The number of carbonyl (C=O) groups excluding carboxylic acids is 3. The Labute approximate surface area is 447 Å². The second kappa shape index (κ2) is 26.7. The largest absolute Gasteiger partial charge is 0.348 e. The topological polar surface area (TPSA) is 131 Å². The molecule has 3 fully saturated rings. The highest BCUT2D eigenvalue weighted by atomic mass is 28.3. The molecule has 0 spiro atoms. The Hall–Kier alpha value is -6.74. The van der Waals surface area contributed by atoms with E-state index in [9.17, 15) is 14.4 Å². The first-order chi connectivity index (χ1) is 36.2. The maximum atomic E-state index is 13.0. The molecule has 6 unspecified atom stereocenters. The molecule has 3 N–H and O–H groups in total. The zero-order valence-corrected chi connectivity index (χ0v) is 46.9. The van der Waals surface area contributed by atoms with Gasteiger partial charge in [0.25, 0.3) is 17.7 Å². The van der Waals surface area contributed by atoms with E-state index in [2.05, 4.69) is 108 Å². The van der Waals surface area contributed by atoms with Crippen LogP contribution in [0.4, 0.5) is 0 Å². The number of fused-ring (bicyclic) bond motifs is 3. The number of aromatic nitrogens is 4. The van der Waals surface area contributed by atoms with Crippen molar-refractivity contribution in [3.63, 3.8) is 0 Å². The van der Waals surface area contributed by atoms with E-state index < -0.39 is 8.07 Å². The number of nitrogens with zero attached hydrogens (tertiary/aromatic N) is 4. The van der Waals surface area contributed by atoms with Gasteiger partial charge in [-0.2, -0.15) is 5.10 Å². The molecule has 0 radical (unpaired) electrons. The molecule has 3 amide bonds. The molecule has 392 valence electrons. The van der Waals surface area contributed by atoms with Crippen LogP contribution in [-0.2, 0) is 7.05 Å². The van der Waals surface area contributed by atoms with Crippen molar-refractivity contribution in [2.24, 2.45) is 24.8 Å². The Morgan fingerprint density at radius 3 is 1.63 bits per heavy atom. The van der Waals surface area contributed by atoms with Crippen LogP contribution in [0.25, 0.3) is 32.6 Å². The summed E-state index contributed by atoms with van der Waals surface area (Å²) < 4.78 is 1.76. The van der Waals surface area contributed by atoms with Crippen LogP contribution >= 0.6 is 0 Å². The summed E-state index contributed by atoms with van der Waals surface area (Å²) in [6.45, 7) is 17.9. The lowest BCUT2D eigenvalue weighted by Gasteiger charge is -2.38. The highest BCUT2D eigenvalue weighted by Gasteiger charge is 2.42. The molecule has 11 heteroatoms. The lowest BCUT2D eigenvalue weighted by Crippen LogP contribution is -2.43. The average molecular weight is 1020 g/mol. The Kier molecular flexibility index (Phi) is 19.9.